The Hall–Kier alpha value is -1.06. The number of hydrogen-bond acceptors (Lipinski definition) is 3. The Kier molecular flexibility index (Phi) is 3.23. The fourth-order valence-electron chi connectivity index (χ4n) is 2.18. The second-order valence-corrected chi connectivity index (χ2v) is 4.38. The summed E-state index contributed by atoms with van der Waals surface area (Å²) in [5, 5.41) is 0. The highest BCUT2D eigenvalue weighted by molar-refractivity contribution is 5.40. The molecule has 1 saturated heterocycles. The molecule has 2 rings (SSSR count). The molecule has 1 aromatic carbocycles. The highest BCUT2D eigenvalue weighted by Gasteiger charge is 2.16. The van der Waals surface area contributed by atoms with Gasteiger partial charge in [-0.3, -0.25) is 4.90 Å². The van der Waals surface area contributed by atoms with E-state index < -0.39 is 0 Å². The van der Waals surface area contributed by atoms with Crippen molar-refractivity contribution in [3.05, 3.63) is 29.8 Å². The SMILES string of the molecule is Nc1cccc(CN2CCC[C@@H](N)C2)c1. The summed E-state index contributed by atoms with van der Waals surface area (Å²) in [6.45, 7) is 3.13. The van der Waals surface area contributed by atoms with E-state index in [9.17, 15) is 0 Å². The van der Waals surface area contributed by atoms with Gasteiger partial charge in [0.25, 0.3) is 0 Å². The van der Waals surface area contributed by atoms with Crippen LogP contribution in [0.4, 0.5) is 5.69 Å². The van der Waals surface area contributed by atoms with Crippen LogP contribution in [-0.2, 0) is 6.54 Å². The van der Waals surface area contributed by atoms with Crippen LogP contribution in [0.25, 0.3) is 0 Å². The maximum Gasteiger partial charge on any atom is 0.0317 e. The molecule has 0 aromatic heterocycles. The lowest BCUT2D eigenvalue weighted by Gasteiger charge is -2.30. The summed E-state index contributed by atoms with van der Waals surface area (Å²) >= 11 is 0. The third kappa shape index (κ3) is 2.94. The molecule has 3 heteroatoms. The van der Waals surface area contributed by atoms with Gasteiger partial charge < -0.3 is 11.5 Å². The monoisotopic (exact) mass is 205 g/mol. The third-order valence-electron chi connectivity index (χ3n) is 2.90. The van der Waals surface area contributed by atoms with Crippen molar-refractivity contribution in [2.75, 3.05) is 18.8 Å². The van der Waals surface area contributed by atoms with Crippen LogP contribution in [0.15, 0.2) is 24.3 Å². The van der Waals surface area contributed by atoms with Crippen molar-refractivity contribution in [2.45, 2.75) is 25.4 Å². The second kappa shape index (κ2) is 4.64. The summed E-state index contributed by atoms with van der Waals surface area (Å²) in [7, 11) is 0. The van der Waals surface area contributed by atoms with Gasteiger partial charge in [-0.05, 0) is 37.1 Å². The van der Waals surface area contributed by atoms with Gasteiger partial charge in [0, 0.05) is 24.8 Å². The Morgan fingerprint density at radius 2 is 2.27 bits per heavy atom. The Labute approximate surface area is 91.1 Å². The van der Waals surface area contributed by atoms with E-state index in [0.29, 0.717) is 6.04 Å². The Bertz CT molecular complexity index is 324. The van der Waals surface area contributed by atoms with Crippen LogP contribution >= 0.6 is 0 Å². The largest absolute Gasteiger partial charge is 0.399 e. The second-order valence-electron chi connectivity index (χ2n) is 4.38. The molecular formula is C12H19N3. The fraction of sp³-hybridized carbons (Fsp3) is 0.500. The van der Waals surface area contributed by atoms with E-state index in [2.05, 4.69) is 11.0 Å². The Morgan fingerprint density at radius 1 is 1.40 bits per heavy atom. The van der Waals surface area contributed by atoms with Crippen LogP contribution in [0.1, 0.15) is 18.4 Å². The van der Waals surface area contributed by atoms with Gasteiger partial charge in [-0.2, -0.15) is 0 Å². The topological polar surface area (TPSA) is 55.3 Å². The maximum atomic E-state index is 5.94. The van der Waals surface area contributed by atoms with E-state index in [1.165, 1.54) is 12.0 Å². The summed E-state index contributed by atoms with van der Waals surface area (Å²) in [5.41, 5.74) is 13.8. The average molecular weight is 205 g/mol. The number of benzene rings is 1. The Morgan fingerprint density at radius 3 is 3.00 bits per heavy atom. The van der Waals surface area contributed by atoms with Crippen molar-refractivity contribution in [3.63, 3.8) is 0 Å². The van der Waals surface area contributed by atoms with Crippen LogP contribution in [0.2, 0.25) is 0 Å². The van der Waals surface area contributed by atoms with Gasteiger partial charge >= 0.3 is 0 Å². The van der Waals surface area contributed by atoms with Crippen molar-refractivity contribution < 1.29 is 0 Å². The van der Waals surface area contributed by atoms with E-state index in [4.69, 9.17) is 11.5 Å². The minimum absolute atomic E-state index is 0.347. The molecule has 1 fully saturated rings. The first kappa shape index (κ1) is 10.5. The number of nitrogens with two attached hydrogens (primary N) is 2. The van der Waals surface area contributed by atoms with Crippen molar-refractivity contribution in [1.82, 2.24) is 4.90 Å². The molecule has 0 amide bonds. The smallest absolute Gasteiger partial charge is 0.0317 e. The first-order valence-corrected chi connectivity index (χ1v) is 5.56. The number of nitrogens with zero attached hydrogens (tertiary/aromatic N) is 1. The minimum atomic E-state index is 0.347. The minimum Gasteiger partial charge on any atom is -0.399 e. The molecule has 1 heterocycles. The van der Waals surface area contributed by atoms with E-state index in [-0.39, 0.29) is 0 Å². The first-order chi connectivity index (χ1) is 7.24. The molecule has 3 nitrogen and oxygen atoms in total. The number of nitrogen functional groups attached to an aromatic ring is 1. The summed E-state index contributed by atoms with van der Waals surface area (Å²) in [4.78, 5) is 2.41. The molecule has 82 valence electrons. The van der Waals surface area contributed by atoms with Crippen molar-refractivity contribution in [3.8, 4) is 0 Å². The molecule has 1 aliphatic rings. The molecule has 1 aliphatic heterocycles. The Balaban J connectivity index is 1.96. The molecule has 0 aliphatic carbocycles. The van der Waals surface area contributed by atoms with Crippen molar-refractivity contribution in [2.24, 2.45) is 5.73 Å². The van der Waals surface area contributed by atoms with E-state index >= 15 is 0 Å². The number of likely N-dealkylation sites (tertiary alicyclic amines) is 1. The van der Waals surface area contributed by atoms with Crippen molar-refractivity contribution >= 4 is 5.69 Å². The third-order valence-corrected chi connectivity index (χ3v) is 2.90. The first-order valence-electron chi connectivity index (χ1n) is 5.56. The van der Waals surface area contributed by atoms with E-state index in [1.807, 2.05) is 18.2 Å². The molecule has 4 N–H and O–H groups in total. The molecular weight excluding hydrogens is 186 g/mol. The van der Waals surface area contributed by atoms with Gasteiger partial charge in [0.1, 0.15) is 0 Å². The van der Waals surface area contributed by atoms with Gasteiger partial charge in [-0.25, -0.2) is 0 Å². The van der Waals surface area contributed by atoms with Crippen LogP contribution in [0, 0.1) is 0 Å². The molecule has 0 saturated carbocycles. The zero-order chi connectivity index (χ0) is 10.7. The predicted molar refractivity (Wildman–Crippen MR) is 63.3 cm³/mol. The lowest BCUT2D eigenvalue weighted by atomic mass is 10.1. The maximum absolute atomic E-state index is 5.94. The molecule has 0 bridgehead atoms. The van der Waals surface area contributed by atoms with Crippen molar-refractivity contribution in [1.29, 1.82) is 0 Å². The lowest BCUT2D eigenvalue weighted by molar-refractivity contribution is 0.201. The van der Waals surface area contributed by atoms with Gasteiger partial charge in [0.05, 0.1) is 0 Å². The summed E-state index contributed by atoms with van der Waals surface area (Å²) < 4.78 is 0. The lowest BCUT2D eigenvalue weighted by Crippen LogP contribution is -2.42. The zero-order valence-corrected chi connectivity index (χ0v) is 9.02. The quantitative estimate of drug-likeness (QED) is 0.713. The molecule has 1 aromatic rings. The number of hydrogen-bond donors (Lipinski definition) is 2. The van der Waals surface area contributed by atoms with Gasteiger partial charge in [0.2, 0.25) is 0 Å². The molecule has 0 spiro atoms. The summed E-state index contributed by atoms with van der Waals surface area (Å²) in [5.74, 6) is 0. The van der Waals surface area contributed by atoms with E-state index in [0.717, 1.165) is 31.7 Å². The fourth-order valence-corrected chi connectivity index (χ4v) is 2.18. The normalized spacial score (nSPS) is 22.9. The zero-order valence-electron chi connectivity index (χ0n) is 9.02. The van der Waals surface area contributed by atoms with Gasteiger partial charge in [-0.1, -0.05) is 12.1 Å². The molecule has 15 heavy (non-hydrogen) atoms. The van der Waals surface area contributed by atoms with Gasteiger partial charge in [-0.15, -0.1) is 0 Å². The van der Waals surface area contributed by atoms with Crippen LogP contribution in [-0.4, -0.2) is 24.0 Å². The molecule has 1 atom stereocenters. The number of piperidine rings is 1. The average Bonchev–Trinajstić information content (AvgIpc) is 2.17. The van der Waals surface area contributed by atoms with Crippen LogP contribution < -0.4 is 11.5 Å². The van der Waals surface area contributed by atoms with Gasteiger partial charge in [0.15, 0.2) is 0 Å². The van der Waals surface area contributed by atoms with Crippen LogP contribution in [0.5, 0.6) is 0 Å². The number of rotatable bonds is 2. The number of anilines is 1. The highest BCUT2D eigenvalue weighted by Crippen LogP contribution is 2.14. The standard InChI is InChI=1S/C12H19N3/c13-11-4-1-3-10(7-11)8-15-6-2-5-12(14)9-15/h1,3-4,7,12H,2,5-6,8-9,13-14H2/t12-/m1/s1. The van der Waals surface area contributed by atoms with Crippen LogP contribution in [0.3, 0.4) is 0 Å². The van der Waals surface area contributed by atoms with E-state index in [1.54, 1.807) is 0 Å². The predicted octanol–water partition coefficient (Wildman–Crippen LogP) is 1.19. The molecule has 0 unspecified atom stereocenters. The molecule has 0 radical (unpaired) electrons. The highest BCUT2D eigenvalue weighted by atomic mass is 15.1. The summed E-state index contributed by atoms with van der Waals surface area (Å²) in [6.07, 6.45) is 2.37. The summed E-state index contributed by atoms with van der Waals surface area (Å²) in [6, 6.07) is 8.44.